The zero-order valence-corrected chi connectivity index (χ0v) is 20.0. The highest BCUT2D eigenvalue weighted by molar-refractivity contribution is 5.82. The number of amides is 2. The monoisotopic (exact) mass is 480 g/mol. The maximum absolute atomic E-state index is 12.8. The van der Waals surface area contributed by atoms with E-state index in [0.29, 0.717) is 13.0 Å². The number of carboxylic acid groups (broad SMARTS) is 1. The molecule has 2 aliphatic rings. The number of rotatable bonds is 9. The summed E-state index contributed by atoms with van der Waals surface area (Å²) in [4.78, 5) is 36.4. The molecule has 0 radical (unpaired) electrons. The van der Waals surface area contributed by atoms with Crippen LogP contribution >= 0.6 is 0 Å². The van der Waals surface area contributed by atoms with Crippen LogP contribution in [0.2, 0.25) is 0 Å². The lowest BCUT2D eigenvalue weighted by molar-refractivity contribution is -0.138. The van der Waals surface area contributed by atoms with Gasteiger partial charge in [0.15, 0.2) is 0 Å². The molecule has 3 N–H and O–H groups in total. The van der Waals surface area contributed by atoms with Gasteiger partial charge in [0.05, 0.1) is 6.42 Å². The summed E-state index contributed by atoms with van der Waals surface area (Å²) in [7, 11) is 0. The molecule has 1 aliphatic heterocycles. The van der Waals surface area contributed by atoms with E-state index in [1.54, 1.807) is 0 Å². The summed E-state index contributed by atoms with van der Waals surface area (Å²) in [5.74, 6) is -1.59. The van der Waals surface area contributed by atoms with E-state index in [9.17, 15) is 14.4 Å². The Balaban J connectivity index is 1.30. The molecule has 0 spiro atoms. The molecule has 8 nitrogen and oxygen atoms in total. The second kappa shape index (κ2) is 10.9. The zero-order chi connectivity index (χ0) is 24.9. The van der Waals surface area contributed by atoms with Crippen molar-refractivity contribution in [2.24, 2.45) is 11.8 Å². The van der Waals surface area contributed by atoms with Crippen LogP contribution in [0.1, 0.15) is 43.7 Å². The summed E-state index contributed by atoms with van der Waals surface area (Å²) in [5.41, 5.74) is 4.61. The number of fused-ring (bicyclic) bond motifs is 3. The molecule has 3 atom stereocenters. The molecule has 2 aromatic rings. The maximum Gasteiger partial charge on any atom is 0.407 e. The Morgan fingerprint density at radius 1 is 1.06 bits per heavy atom. The molecule has 0 bridgehead atoms. The molecule has 0 saturated carbocycles. The average Bonchev–Trinajstić information content (AvgIpc) is 3.43. The third-order valence-corrected chi connectivity index (χ3v) is 6.85. The van der Waals surface area contributed by atoms with Crippen molar-refractivity contribution in [3.63, 3.8) is 0 Å². The number of ether oxygens (including phenoxy) is 2. The van der Waals surface area contributed by atoms with E-state index in [1.807, 2.05) is 38.1 Å². The first-order valence-electron chi connectivity index (χ1n) is 12.1. The summed E-state index contributed by atoms with van der Waals surface area (Å²) in [6.07, 6.45) is -0.811. The van der Waals surface area contributed by atoms with Crippen molar-refractivity contribution in [1.82, 2.24) is 10.6 Å². The molecular formula is C27H32N2O6. The van der Waals surface area contributed by atoms with Gasteiger partial charge in [-0.3, -0.25) is 9.59 Å². The minimum absolute atomic E-state index is 0.0244. The Kier molecular flexibility index (Phi) is 7.70. The second-order valence-corrected chi connectivity index (χ2v) is 9.50. The van der Waals surface area contributed by atoms with Gasteiger partial charge in [0.2, 0.25) is 5.91 Å². The molecule has 1 heterocycles. The molecule has 2 amide bonds. The molecule has 186 valence electrons. The summed E-state index contributed by atoms with van der Waals surface area (Å²) in [6.45, 7) is 4.58. The Hall–Kier alpha value is -3.39. The van der Waals surface area contributed by atoms with Gasteiger partial charge in [-0.05, 0) is 34.6 Å². The molecule has 8 heteroatoms. The van der Waals surface area contributed by atoms with Gasteiger partial charge < -0.3 is 25.2 Å². The number of carbonyl (C=O) groups excluding carboxylic acids is 2. The number of benzene rings is 2. The molecule has 2 aromatic carbocycles. The Bertz CT molecular complexity index is 1040. The van der Waals surface area contributed by atoms with Crippen molar-refractivity contribution in [2.75, 3.05) is 19.8 Å². The average molecular weight is 481 g/mol. The summed E-state index contributed by atoms with van der Waals surface area (Å²) >= 11 is 0. The molecule has 1 fully saturated rings. The number of alkyl carbamates (subject to hydrolysis) is 1. The van der Waals surface area contributed by atoms with E-state index in [1.165, 1.54) is 0 Å². The maximum atomic E-state index is 12.8. The number of carboxylic acids is 1. The lowest BCUT2D eigenvalue weighted by Gasteiger charge is -2.24. The van der Waals surface area contributed by atoms with E-state index in [2.05, 4.69) is 34.9 Å². The van der Waals surface area contributed by atoms with Crippen LogP contribution < -0.4 is 10.6 Å². The first-order chi connectivity index (χ1) is 16.8. The summed E-state index contributed by atoms with van der Waals surface area (Å²) in [6, 6.07) is 15.8. The van der Waals surface area contributed by atoms with E-state index in [-0.39, 0.29) is 43.2 Å². The lowest BCUT2D eigenvalue weighted by atomic mass is 9.97. The SMILES string of the molecule is CC(C)C(CC(=O)O)NC(=O)C1OCCC1CNC(=O)OCC1c2ccccc2-c2ccccc21. The quantitative estimate of drug-likeness (QED) is 0.506. The third kappa shape index (κ3) is 5.65. The molecule has 3 unspecified atom stereocenters. The minimum atomic E-state index is -0.968. The first kappa shape index (κ1) is 24.7. The highest BCUT2D eigenvalue weighted by atomic mass is 16.5. The van der Waals surface area contributed by atoms with Crippen LogP contribution in [0.3, 0.4) is 0 Å². The fourth-order valence-corrected chi connectivity index (χ4v) is 4.90. The summed E-state index contributed by atoms with van der Waals surface area (Å²) < 4.78 is 11.2. The van der Waals surface area contributed by atoms with Gasteiger partial charge >= 0.3 is 12.1 Å². The van der Waals surface area contributed by atoms with Gasteiger partial charge in [0, 0.05) is 31.0 Å². The van der Waals surface area contributed by atoms with Crippen LogP contribution in [0.25, 0.3) is 11.1 Å². The van der Waals surface area contributed by atoms with E-state index in [0.717, 1.165) is 22.3 Å². The second-order valence-electron chi connectivity index (χ2n) is 9.50. The van der Waals surface area contributed by atoms with Crippen LogP contribution in [-0.2, 0) is 19.1 Å². The molecule has 1 aliphatic carbocycles. The van der Waals surface area contributed by atoms with Crippen molar-refractivity contribution < 1.29 is 29.0 Å². The molecule has 4 rings (SSSR count). The van der Waals surface area contributed by atoms with Crippen LogP contribution in [-0.4, -0.2) is 55.0 Å². The molecule has 35 heavy (non-hydrogen) atoms. The predicted molar refractivity (Wildman–Crippen MR) is 130 cm³/mol. The number of hydrogen-bond acceptors (Lipinski definition) is 5. The van der Waals surface area contributed by atoms with Crippen molar-refractivity contribution in [3.8, 4) is 11.1 Å². The van der Waals surface area contributed by atoms with Gasteiger partial charge in [0.1, 0.15) is 12.7 Å². The Labute approximate surface area is 205 Å². The smallest absolute Gasteiger partial charge is 0.407 e. The van der Waals surface area contributed by atoms with Crippen molar-refractivity contribution in [3.05, 3.63) is 59.7 Å². The minimum Gasteiger partial charge on any atom is -0.481 e. The number of aliphatic carboxylic acids is 1. The fourth-order valence-electron chi connectivity index (χ4n) is 4.90. The Morgan fingerprint density at radius 2 is 1.69 bits per heavy atom. The number of hydrogen-bond donors (Lipinski definition) is 3. The highest BCUT2D eigenvalue weighted by Crippen LogP contribution is 2.44. The fraction of sp³-hybridized carbons (Fsp3) is 0.444. The van der Waals surface area contributed by atoms with Gasteiger partial charge in [-0.2, -0.15) is 0 Å². The topological polar surface area (TPSA) is 114 Å². The Morgan fingerprint density at radius 3 is 2.29 bits per heavy atom. The highest BCUT2D eigenvalue weighted by Gasteiger charge is 2.36. The van der Waals surface area contributed by atoms with Crippen LogP contribution in [0.5, 0.6) is 0 Å². The van der Waals surface area contributed by atoms with Gasteiger partial charge in [-0.1, -0.05) is 62.4 Å². The van der Waals surface area contributed by atoms with Gasteiger partial charge in [0.25, 0.3) is 0 Å². The lowest BCUT2D eigenvalue weighted by Crippen LogP contribution is -2.48. The normalized spacial score (nSPS) is 19.6. The van der Waals surface area contributed by atoms with Crippen molar-refractivity contribution >= 4 is 18.0 Å². The molecular weight excluding hydrogens is 448 g/mol. The van der Waals surface area contributed by atoms with E-state index in [4.69, 9.17) is 14.6 Å². The van der Waals surface area contributed by atoms with Crippen LogP contribution in [0.4, 0.5) is 4.79 Å². The van der Waals surface area contributed by atoms with Gasteiger partial charge in [-0.15, -0.1) is 0 Å². The van der Waals surface area contributed by atoms with Gasteiger partial charge in [-0.25, -0.2) is 4.79 Å². The van der Waals surface area contributed by atoms with E-state index >= 15 is 0 Å². The zero-order valence-electron chi connectivity index (χ0n) is 20.0. The van der Waals surface area contributed by atoms with Crippen molar-refractivity contribution in [2.45, 2.75) is 44.8 Å². The first-order valence-corrected chi connectivity index (χ1v) is 12.1. The number of carbonyl (C=O) groups is 3. The largest absolute Gasteiger partial charge is 0.481 e. The predicted octanol–water partition coefficient (Wildman–Crippen LogP) is 3.55. The third-order valence-electron chi connectivity index (χ3n) is 6.85. The van der Waals surface area contributed by atoms with Crippen LogP contribution in [0.15, 0.2) is 48.5 Å². The van der Waals surface area contributed by atoms with Crippen LogP contribution in [0, 0.1) is 11.8 Å². The summed E-state index contributed by atoms with van der Waals surface area (Å²) in [5, 5.41) is 14.7. The standard InChI is InChI=1S/C27H32N2O6/c1-16(2)23(13-24(30)31)29-26(32)25-17(11-12-34-25)14-28-27(33)35-15-22-20-9-5-3-7-18(20)19-8-4-6-10-21(19)22/h3-10,16-17,22-23,25H,11-15H2,1-2H3,(H,28,33)(H,29,32)(H,30,31). The molecule has 1 saturated heterocycles. The van der Waals surface area contributed by atoms with E-state index < -0.39 is 24.2 Å². The number of nitrogens with one attached hydrogen (secondary N) is 2. The van der Waals surface area contributed by atoms with Crippen molar-refractivity contribution in [1.29, 1.82) is 0 Å². The molecule has 0 aromatic heterocycles.